The number of carbonyl (C=O) groups excluding carboxylic acids is 1. The van der Waals surface area contributed by atoms with Gasteiger partial charge in [0.15, 0.2) is 0 Å². The van der Waals surface area contributed by atoms with E-state index in [-0.39, 0.29) is 5.91 Å². The number of amidine groups is 1. The molecule has 3 nitrogen and oxygen atoms in total. The Kier molecular flexibility index (Phi) is 4.94. The van der Waals surface area contributed by atoms with Crippen LogP contribution in [0.4, 0.5) is 0 Å². The van der Waals surface area contributed by atoms with Gasteiger partial charge in [-0.2, -0.15) is 0 Å². The molecule has 0 aromatic heterocycles. The second-order valence-electron chi connectivity index (χ2n) is 5.16. The number of aryl methyl sites for hydroxylation is 1. The number of nitrogens with one attached hydrogen (secondary N) is 1. The van der Waals surface area contributed by atoms with Crippen LogP contribution in [0.2, 0.25) is 5.02 Å². The average Bonchev–Trinajstić information content (AvgIpc) is 2.89. The predicted molar refractivity (Wildman–Crippen MR) is 97.5 cm³/mol. The molecule has 1 amide bonds. The summed E-state index contributed by atoms with van der Waals surface area (Å²) in [5.74, 6) is 0.503. The molecule has 1 aliphatic rings. The monoisotopic (exact) mass is 388 g/mol. The van der Waals surface area contributed by atoms with Gasteiger partial charge in [-0.25, -0.2) is 4.99 Å². The summed E-state index contributed by atoms with van der Waals surface area (Å²) >= 11 is 9.62. The molecule has 0 atom stereocenters. The largest absolute Gasteiger partial charge is 0.309 e. The van der Waals surface area contributed by atoms with Gasteiger partial charge in [-0.15, -0.1) is 0 Å². The van der Waals surface area contributed by atoms with E-state index in [4.69, 9.17) is 11.6 Å². The highest BCUT2D eigenvalue weighted by Gasteiger charge is 2.20. The summed E-state index contributed by atoms with van der Waals surface area (Å²) < 4.78 is 0.931. The van der Waals surface area contributed by atoms with Crippen molar-refractivity contribution >= 4 is 45.3 Å². The molecular weight excluding hydrogens is 376 g/mol. The maximum atomic E-state index is 12.0. The summed E-state index contributed by atoms with van der Waals surface area (Å²) in [6.45, 7) is 0. The van der Waals surface area contributed by atoms with E-state index in [1.165, 1.54) is 0 Å². The maximum Gasteiger partial charge on any atom is 0.275 e. The van der Waals surface area contributed by atoms with Crippen molar-refractivity contribution in [1.29, 1.82) is 0 Å². The Hall–Kier alpha value is -1.91. The van der Waals surface area contributed by atoms with E-state index in [1.807, 2.05) is 48.5 Å². The van der Waals surface area contributed by atoms with Crippen LogP contribution in [0.25, 0.3) is 6.08 Å². The standard InChI is InChI=1S/C18H14BrClN2O/c19-14-7-3-1-6-13(14)11-16-18(23)22-17(21-16)10-9-12-5-2-4-8-15(12)20/h1-8,11H,9-10H2,(H,21,22,23)/b16-11-. The highest BCUT2D eigenvalue weighted by molar-refractivity contribution is 9.10. The van der Waals surface area contributed by atoms with Crippen LogP contribution in [0.3, 0.4) is 0 Å². The van der Waals surface area contributed by atoms with Gasteiger partial charge in [0.05, 0.1) is 0 Å². The molecule has 0 spiro atoms. The zero-order valence-electron chi connectivity index (χ0n) is 12.2. The van der Waals surface area contributed by atoms with E-state index in [0.29, 0.717) is 18.0 Å². The minimum absolute atomic E-state index is 0.171. The Balaban J connectivity index is 1.74. The Morgan fingerprint density at radius 2 is 1.83 bits per heavy atom. The molecule has 0 saturated heterocycles. The average molecular weight is 390 g/mol. The molecule has 3 rings (SSSR count). The second-order valence-corrected chi connectivity index (χ2v) is 6.42. The molecule has 0 radical (unpaired) electrons. The van der Waals surface area contributed by atoms with E-state index in [0.717, 1.165) is 27.0 Å². The zero-order chi connectivity index (χ0) is 16.2. The van der Waals surface area contributed by atoms with Gasteiger partial charge >= 0.3 is 0 Å². The lowest BCUT2D eigenvalue weighted by atomic mass is 10.1. The number of amides is 1. The number of aliphatic imine (C=N–C) groups is 1. The van der Waals surface area contributed by atoms with Crippen LogP contribution in [0.15, 0.2) is 63.7 Å². The van der Waals surface area contributed by atoms with Gasteiger partial charge < -0.3 is 5.32 Å². The molecule has 0 aliphatic carbocycles. The van der Waals surface area contributed by atoms with Crippen LogP contribution in [0.5, 0.6) is 0 Å². The van der Waals surface area contributed by atoms with Gasteiger partial charge in [-0.1, -0.05) is 63.9 Å². The van der Waals surface area contributed by atoms with Crippen LogP contribution in [0.1, 0.15) is 17.5 Å². The van der Waals surface area contributed by atoms with Gasteiger partial charge in [0.25, 0.3) is 5.91 Å². The maximum absolute atomic E-state index is 12.0. The van der Waals surface area contributed by atoms with Crippen LogP contribution < -0.4 is 5.32 Å². The first-order valence-corrected chi connectivity index (χ1v) is 8.39. The predicted octanol–water partition coefficient (Wildman–Crippen LogP) is 4.60. The number of carbonyl (C=O) groups is 1. The molecule has 2 aromatic carbocycles. The van der Waals surface area contributed by atoms with Gasteiger partial charge in [0, 0.05) is 15.9 Å². The third kappa shape index (κ3) is 3.89. The van der Waals surface area contributed by atoms with Gasteiger partial charge in [0.1, 0.15) is 11.5 Å². The molecule has 0 saturated carbocycles. The molecule has 2 aromatic rings. The van der Waals surface area contributed by atoms with Crippen molar-refractivity contribution in [2.24, 2.45) is 4.99 Å². The van der Waals surface area contributed by atoms with Crippen LogP contribution in [-0.4, -0.2) is 11.7 Å². The fraction of sp³-hybridized carbons (Fsp3) is 0.111. The van der Waals surface area contributed by atoms with Crippen molar-refractivity contribution in [1.82, 2.24) is 5.32 Å². The topological polar surface area (TPSA) is 41.5 Å². The first kappa shape index (κ1) is 16.0. The summed E-state index contributed by atoms with van der Waals surface area (Å²) in [6, 6.07) is 15.4. The van der Waals surface area contributed by atoms with Gasteiger partial charge in [0.2, 0.25) is 0 Å². The van der Waals surface area contributed by atoms with Crippen LogP contribution >= 0.6 is 27.5 Å². The molecule has 23 heavy (non-hydrogen) atoms. The number of benzene rings is 2. The summed E-state index contributed by atoms with van der Waals surface area (Å²) in [5.41, 5.74) is 2.40. The normalized spacial score (nSPS) is 15.7. The molecule has 1 heterocycles. The van der Waals surface area contributed by atoms with E-state index in [2.05, 4.69) is 26.2 Å². The van der Waals surface area contributed by atoms with Crippen molar-refractivity contribution in [3.05, 3.63) is 74.9 Å². The first-order chi connectivity index (χ1) is 11.1. The fourth-order valence-corrected chi connectivity index (χ4v) is 2.96. The number of hydrogen-bond acceptors (Lipinski definition) is 2. The smallest absolute Gasteiger partial charge is 0.275 e. The summed E-state index contributed by atoms with van der Waals surface area (Å²) in [7, 11) is 0. The lowest BCUT2D eigenvalue weighted by molar-refractivity contribution is -0.115. The van der Waals surface area contributed by atoms with E-state index in [9.17, 15) is 4.79 Å². The second kappa shape index (κ2) is 7.11. The highest BCUT2D eigenvalue weighted by Crippen LogP contribution is 2.22. The summed E-state index contributed by atoms with van der Waals surface area (Å²) in [5, 5.41) is 3.56. The molecule has 0 bridgehead atoms. The van der Waals surface area contributed by atoms with Crippen molar-refractivity contribution in [3.63, 3.8) is 0 Å². The third-order valence-corrected chi connectivity index (χ3v) is 4.62. The Morgan fingerprint density at radius 1 is 1.09 bits per heavy atom. The molecule has 1 N–H and O–H groups in total. The highest BCUT2D eigenvalue weighted by atomic mass is 79.9. The number of nitrogens with zero attached hydrogens (tertiary/aromatic N) is 1. The third-order valence-electron chi connectivity index (χ3n) is 3.53. The lowest BCUT2D eigenvalue weighted by Crippen LogP contribution is -2.24. The van der Waals surface area contributed by atoms with E-state index < -0.39 is 0 Å². The SMILES string of the molecule is O=C1NC(CCc2ccccc2Cl)=N/C1=C\c1ccccc1Br. The molecule has 5 heteroatoms. The van der Waals surface area contributed by atoms with Crippen molar-refractivity contribution < 1.29 is 4.79 Å². The minimum Gasteiger partial charge on any atom is -0.309 e. The van der Waals surface area contributed by atoms with Crippen molar-refractivity contribution in [3.8, 4) is 0 Å². The quantitative estimate of drug-likeness (QED) is 0.763. The van der Waals surface area contributed by atoms with Crippen molar-refractivity contribution in [2.45, 2.75) is 12.8 Å². The minimum atomic E-state index is -0.171. The van der Waals surface area contributed by atoms with Crippen LogP contribution in [-0.2, 0) is 11.2 Å². The Labute approximate surface area is 148 Å². The van der Waals surface area contributed by atoms with E-state index >= 15 is 0 Å². The lowest BCUT2D eigenvalue weighted by Gasteiger charge is -2.03. The summed E-state index contributed by atoms with van der Waals surface area (Å²) in [4.78, 5) is 16.4. The Bertz CT molecular complexity index is 814. The number of halogens is 2. The van der Waals surface area contributed by atoms with Crippen molar-refractivity contribution in [2.75, 3.05) is 0 Å². The first-order valence-electron chi connectivity index (χ1n) is 7.22. The molecule has 116 valence electrons. The molecule has 1 aliphatic heterocycles. The molecule has 0 fully saturated rings. The molecular formula is C18H14BrClN2O. The fourth-order valence-electron chi connectivity index (χ4n) is 2.33. The van der Waals surface area contributed by atoms with Gasteiger partial charge in [-0.05, 0) is 35.8 Å². The summed E-state index contributed by atoms with van der Waals surface area (Å²) in [6.07, 6.45) is 3.16. The van der Waals surface area contributed by atoms with Gasteiger partial charge in [-0.3, -0.25) is 4.79 Å². The van der Waals surface area contributed by atoms with Crippen LogP contribution in [0, 0.1) is 0 Å². The zero-order valence-corrected chi connectivity index (χ0v) is 14.6. The number of rotatable bonds is 4. The van der Waals surface area contributed by atoms with E-state index in [1.54, 1.807) is 6.08 Å². The number of hydrogen-bond donors (Lipinski definition) is 1. The Morgan fingerprint density at radius 3 is 2.61 bits per heavy atom. The molecule has 0 unspecified atom stereocenters.